The lowest BCUT2D eigenvalue weighted by atomic mass is 9.98. The van der Waals surface area contributed by atoms with Gasteiger partial charge in [-0.05, 0) is 55.6 Å². The number of nitrogens with two attached hydrogens (primary N) is 1. The zero-order valence-electron chi connectivity index (χ0n) is 14.3. The van der Waals surface area contributed by atoms with E-state index in [9.17, 15) is 0 Å². The number of benzene rings is 2. The summed E-state index contributed by atoms with van der Waals surface area (Å²) in [6.45, 7) is 4.38. The van der Waals surface area contributed by atoms with Crippen LogP contribution in [0.15, 0.2) is 42.5 Å². The van der Waals surface area contributed by atoms with Crippen LogP contribution in [0.2, 0.25) is 5.02 Å². The quantitative estimate of drug-likeness (QED) is 0.884. The lowest BCUT2D eigenvalue weighted by Gasteiger charge is -2.21. The van der Waals surface area contributed by atoms with Crippen LogP contribution in [-0.2, 0) is 6.61 Å². The fraction of sp³-hybridized carbons (Fsp3) is 0.400. The molecule has 0 aromatic heterocycles. The van der Waals surface area contributed by atoms with Gasteiger partial charge in [0.25, 0.3) is 0 Å². The highest BCUT2D eigenvalue weighted by Gasteiger charge is 2.30. The van der Waals surface area contributed by atoms with Gasteiger partial charge in [0.05, 0.1) is 5.02 Å². The molecule has 4 heteroatoms. The Bertz CT molecular complexity index is 666. The number of halogens is 1. The van der Waals surface area contributed by atoms with Gasteiger partial charge in [0, 0.05) is 12.6 Å². The molecular weight excluding hydrogens is 320 g/mol. The minimum atomic E-state index is 0.387. The molecule has 1 saturated heterocycles. The Hall–Kier alpha value is -1.55. The minimum Gasteiger partial charge on any atom is -0.487 e. The Morgan fingerprint density at radius 1 is 1.25 bits per heavy atom. The van der Waals surface area contributed by atoms with Gasteiger partial charge in [0.2, 0.25) is 0 Å². The van der Waals surface area contributed by atoms with Crippen LogP contribution < -0.4 is 10.5 Å². The van der Waals surface area contributed by atoms with Gasteiger partial charge in [0.1, 0.15) is 12.4 Å². The van der Waals surface area contributed by atoms with Gasteiger partial charge in [-0.1, -0.05) is 48.0 Å². The number of rotatable bonds is 5. The summed E-state index contributed by atoms with van der Waals surface area (Å²) in [5, 5.41) is 0.686. The van der Waals surface area contributed by atoms with E-state index < -0.39 is 0 Å². The molecule has 0 saturated carbocycles. The monoisotopic (exact) mass is 344 g/mol. The summed E-state index contributed by atoms with van der Waals surface area (Å²) in [4.78, 5) is 2.37. The highest BCUT2D eigenvalue weighted by Crippen LogP contribution is 2.38. The molecule has 1 fully saturated rings. The number of hydrogen-bond donors (Lipinski definition) is 1. The van der Waals surface area contributed by atoms with E-state index in [2.05, 4.69) is 43.1 Å². The first kappa shape index (κ1) is 17.3. The SMILES string of the molecule is Cc1cc(C2CC(CN)CN2C)cc(Cl)c1OCc1ccccc1. The maximum atomic E-state index is 6.53. The summed E-state index contributed by atoms with van der Waals surface area (Å²) in [7, 11) is 2.16. The standard InChI is InChI=1S/C20H25ClN2O/c1-14-8-17(19-9-16(11-22)12-23(19)2)10-18(21)20(14)24-13-15-6-4-3-5-7-15/h3-8,10,16,19H,9,11-13,22H2,1-2H3. The third-order valence-electron chi connectivity index (χ3n) is 4.83. The minimum absolute atomic E-state index is 0.387. The molecule has 3 nitrogen and oxygen atoms in total. The molecule has 2 unspecified atom stereocenters. The number of ether oxygens (including phenoxy) is 1. The van der Waals surface area contributed by atoms with Crippen molar-refractivity contribution >= 4 is 11.6 Å². The molecule has 1 aliphatic rings. The first-order valence-corrected chi connectivity index (χ1v) is 8.83. The van der Waals surface area contributed by atoms with Crippen molar-refractivity contribution < 1.29 is 4.74 Å². The Morgan fingerprint density at radius 2 is 2.00 bits per heavy atom. The van der Waals surface area contributed by atoms with Crippen molar-refractivity contribution in [3.8, 4) is 5.75 Å². The van der Waals surface area contributed by atoms with E-state index in [1.165, 1.54) is 5.56 Å². The van der Waals surface area contributed by atoms with Crippen molar-refractivity contribution in [3.63, 3.8) is 0 Å². The van der Waals surface area contributed by atoms with Gasteiger partial charge in [-0.2, -0.15) is 0 Å². The molecule has 0 spiro atoms. The summed E-state index contributed by atoms with van der Waals surface area (Å²) in [6.07, 6.45) is 1.09. The molecule has 0 bridgehead atoms. The van der Waals surface area contributed by atoms with Crippen molar-refractivity contribution in [2.75, 3.05) is 20.1 Å². The highest BCUT2D eigenvalue weighted by molar-refractivity contribution is 6.32. The van der Waals surface area contributed by atoms with E-state index in [-0.39, 0.29) is 0 Å². The van der Waals surface area contributed by atoms with E-state index in [0.29, 0.717) is 23.6 Å². The zero-order chi connectivity index (χ0) is 17.1. The van der Waals surface area contributed by atoms with Crippen molar-refractivity contribution in [1.29, 1.82) is 0 Å². The van der Waals surface area contributed by atoms with E-state index in [1.807, 2.05) is 18.2 Å². The predicted octanol–water partition coefficient (Wildman–Crippen LogP) is 4.18. The lowest BCUT2D eigenvalue weighted by Crippen LogP contribution is -2.20. The summed E-state index contributed by atoms with van der Waals surface area (Å²) in [5.41, 5.74) is 9.31. The van der Waals surface area contributed by atoms with Crippen molar-refractivity contribution in [2.45, 2.75) is 26.0 Å². The van der Waals surface area contributed by atoms with Gasteiger partial charge < -0.3 is 10.5 Å². The number of hydrogen-bond acceptors (Lipinski definition) is 3. The van der Waals surface area contributed by atoms with Crippen LogP contribution in [0.4, 0.5) is 0 Å². The molecule has 2 aromatic rings. The molecule has 2 N–H and O–H groups in total. The van der Waals surface area contributed by atoms with Crippen molar-refractivity contribution in [3.05, 3.63) is 64.2 Å². The third kappa shape index (κ3) is 3.75. The summed E-state index contributed by atoms with van der Waals surface area (Å²) < 4.78 is 5.97. The lowest BCUT2D eigenvalue weighted by molar-refractivity contribution is 0.301. The molecule has 3 rings (SSSR count). The molecule has 0 aliphatic carbocycles. The molecule has 1 heterocycles. The Kier molecular flexibility index (Phi) is 5.44. The maximum Gasteiger partial charge on any atom is 0.141 e. The zero-order valence-corrected chi connectivity index (χ0v) is 15.1. The van der Waals surface area contributed by atoms with Gasteiger partial charge in [-0.25, -0.2) is 0 Å². The second-order valence-electron chi connectivity index (χ2n) is 6.72. The van der Waals surface area contributed by atoms with Crippen LogP contribution >= 0.6 is 11.6 Å². The van der Waals surface area contributed by atoms with Crippen LogP contribution in [0.25, 0.3) is 0 Å². The molecule has 2 atom stereocenters. The third-order valence-corrected chi connectivity index (χ3v) is 5.11. The molecule has 0 radical (unpaired) electrons. The fourth-order valence-electron chi connectivity index (χ4n) is 3.53. The first-order chi connectivity index (χ1) is 11.6. The van der Waals surface area contributed by atoms with Gasteiger partial charge >= 0.3 is 0 Å². The van der Waals surface area contributed by atoms with Crippen LogP contribution in [0.5, 0.6) is 5.75 Å². The van der Waals surface area contributed by atoms with Gasteiger partial charge in [-0.15, -0.1) is 0 Å². The van der Waals surface area contributed by atoms with Crippen molar-refractivity contribution in [1.82, 2.24) is 4.90 Å². The highest BCUT2D eigenvalue weighted by atomic mass is 35.5. The van der Waals surface area contributed by atoms with Crippen LogP contribution in [-0.4, -0.2) is 25.0 Å². The smallest absolute Gasteiger partial charge is 0.141 e. The molecular formula is C20H25ClN2O. The molecule has 128 valence electrons. The maximum absolute atomic E-state index is 6.53. The van der Waals surface area contributed by atoms with E-state index in [0.717, 1.165) is 36.4 Å². The second kappa shape index (κ2) is 7.56. The summed E-state index contributed by atoms with van der Waals surface area (Å²) in [5.74, 6) is 1.34. The first-order valence-electron chi connectivity index (χ1n) is 8.45. The van der Waals surface area contributed by atoms with Crippen molar-refractivity contribution in [2.24, 2.45) is 11.7 Å². The number of likely N-dealkylation sites (tertiary alicyclic amines) is 1. The predicted molar refractivity (Wildman–Crippen MR) is 99.5 cm³/mol. The van der Waals surface area contributed by atoms with Gasteiger partial charge in [0.15, 0.2) is 0 Å². The number of nitrogens with zero attached hydrogens (tertiary/aromatic N) is 1. The summed E-state index contributed by atoms with van der Waals surface area (Å²) in [6, 6.07) is 14.8. The molecule has 1 aliphatic heterocycles. The average molecular weight is 345 g/mol. The molecule has 2 aromatic carbocycles. The van der Waals surface area contributed by atoms with Gasteiger partial charge in [-0.3, -0.25) is 4.90 Å². The Balaban J connectivity index is 1.76. The van der Waals surface area contributed by atoms with E-state index >= 15 is 0 Å². The average Bonchev–Trinajstić information content (AvgIpc) is 2.96. The van der Waals surface area contributed by atoms with E-state index in [1.54, 1.807) is 0 Å². The molecule has 0 amide bonds. The fourth-order valence-corrected chi connectivity index (χ4v) is 3.86. The Morgan fingerprint density at radius 3 is 2.62 bits per heavy atom. The topological polar surface area (TPSA) is 38.5 Å². The molecule has 24 heavy (non-hydrogen) atoms. The normalized spacial score (nSPS) is 21.2. The van der Waals surface area contributed by atoms with Crippen LogP contribution in [0, 0.1) is 12.8 Å². The summed E-state index contributed by atoms with van der Waals surface area (Å²) >= 11 is 6.53. The van der Waals surface area contributed by atoms with Crippen LogP contribution in [0.3, 0.4) is 0 Å². The number of aryl methyl sites for hydroxylation is 1. The Labute approximate surface area is 149 Å². The largest absolute Gasteiger partial charge is 0.487 e. The van der Waals surface area contributed by atoms with E-state index in [4.69, 9.17) is 22.1 Å². The second-order valence-corrected chi connectivity index (χ2v) is 7.12. The van der Waals surface area contributed by atoms with Crippen LogP contribution in [0.1, 0.15) is 29.2 Å².